The summed E-state index contributed by atoms with van der Waals surface area (Å²) < 4.78 is 0. The summed E-state index contributed by atoms with van der Waals surface area (Å²) >= 11 is 0. The Morgan fingerprint density at radius 2 is 1.61 bits per heavy atom. The number of amides is 3. The number of urea groups is 1. The second-order valence-corrected chi connectivity index (χ2v) is 7.05. The van der Waals surface area contributed by atoms with Crippen molar-refractivity contribution in [3.05, 3.63) is 48.8 Å². The van der Waals surface area contributed by atoms with Crippen molar-refractivity contribution < 1.29 is 9.59 Å². The number of aromatic nitrogens is 2. The van der Waals surface area contributed by atoms with E-state index in [0.717, 1.165) is 0 Å². The Balaban J connectivity index is 1.57. The van der Waals surface area contributed by atoms with Gasteiger partial charge in [-0.05, 0) is 24.1 Å². The van der Waals surface area contributed by atoms with Gasteiger partial charge in [-0.1, -0.05) is 32.0 Å². The standard InChI is InChI=1S/C20H26N6O2/c1-15(2)17(24-20(28)23-16-7-4-3-5-8-16)18(27)25-11-13-26(14-12-25)19-21-9-6-10-22-19/h3-10,15,17H,11-14H2,1-2H3,(H2,23,24,28). The molecule has 0 spiro atoms. The van der Waals surface area contributed by atoms with Crippen LogP contribution >= 0.6 is 0 Å². The maximum atomic E-state index is 13.0. The molecule has 8 heteroatoms. The third kappa shape index (κ3) is 4.97. The second-order valence-electron chi connectivity index (χ2n) is 7.05. The van der Waals surface area contributed by atoms with E-state index < -0.39 is 6.04 Å². The molecule has 1 fully saturated rings. The molecule has 3 rings (SSSR count). The lowest BCUT2D eigenvalue weighted by Crippen LogP contribution is -2.57. The minimum absolute atomic E-state index is 0.0236. The van der Waals surface area contributed by atoms with Crippen LogP contribution < -0.4 is 15.5 Å². The van der Waals surface area contributed by atoms with E-state index in [1.165, 1.54) is 0 Å². The number of nitrogens with one attached hydrogen (secondary N) is 2. The molecular formula is C20H26N6O2. The van der Waals surface area contributed by atoms with E-state index in [2.05, 4.69) is 25.5 Å². The van der Waals surface area contributed by atoms with Crippen LogP contribution in [0.15, 0.2) is 48.8 Å². The van der Waals surface area contributed by atoms with E-state index in [1.54, 1.807) is 35.5 Å². The predicted molar refractivity (Wildman–Crippen MR) is 108 cm³/mol. The minimum Gasteiger partial charge on any atom is -0.337 e. The number of hydrogen-bond acceptors (Lipinski definition) is 5. The SMILES string of the molecule is CC(C)C(NC(=O)Nc1ccccc1)C(=O)N1CCN(c2ncccn2)CC1. The number of piperazine rings is 1. The molecule has 148 valence electrons. The van der Waals surface area contributed by atoms with E-state index in [-0.39, 0.29) is 17.9 Å². The minimum atomic E-state index is -0.580. The normalized spacial score (nSPS) is 15.2. The highest BCUT2D eigenvalue weighted by molar-refractivity contribution is 5.93. The van der Waals surface area contributed by atoms with Crippen molar-refractivity contribution in [2.45, 2.75) is 19.9 Å². The molecule has 1 aliphatic heterocycles. The summed E-state index contributed by atoms with van der Waals surface area (Å²) in [5, 5.41) is 5.59. The van der Waals surface area contributed by atoms with E-state index in [1.807, 2.05) is 32.0 Å². The zero-order valence-corrected chi connectivity index (χ0v) is 16.2. The fourth-order valence-corrected chi connectivity index (χ4v) is 3.12. The van der Waals surface area contributed by atoms with Gasteiger partial charge >= 0.3 is 6.03 Å². The summed E-state index contributed by atoms with van der Waals surface area (Å²) in [4.78, 5) is 37.7. The Hall–Kier alpha value is -3.16. The number of nitrogens with zero attached hydrogens (tertiary/aromatic N) is 4. The van der Waals surface area contributed by atoms with Crippen molar-refractivity contribution in [2.75, 3.05) is 36.4 Å². The van der Waals surface area contributed by atoms with Crippen LogP contribution in [0.5, 0.6) is 0 Å². The first-order chi connectivity index (χ1) is 13.5. The predicted octanol–water partition coefficient (Wildman–Crippen LogP) is 1.97. The van der Waals surface area contributed by atoms with Crippen LogP contribution in [0, 0.1) is 5.92 Å². The number of carbonyl (C=O) groups excluding carboxylic acids is 2. The lowest BCUT2D eigenvalue weighted by Gasteiger charge is -2.37. The molecule has 0 aliphatic carbocycles. The quantitative estimate of drug-likeness (QED) is 0.825. The van der Waals surface area contributed by atoms with Crippen LogP contribution in [0.25, 0.3) is 0 Å². The van der Waals surface area contributed by atoms with Gasteiger partial charge in [0.25, 0.3) is 0 Å². The molecule has 8 nitrogen and oxygen atoms in total. The Morgan fingerprint density at radius 1 is 0.964 bits per heavy atom. The van der Waals surface area contributed by atoms with Crippen molar-refractivity contribution in [1.29, 1.82) is 0 Å². The van der Waals surface area contributed by atoms with Gasteiger partial charge in [0.2, 0.25) is 11.9 Å². The molecule has 1 aromatic heterocycles. The van der Waals surface area contributed by atoms with E-state index in [4.69, 9.17) is 0 Å². The van der Waals surface area contributed by atoms with Crippen LogP contribution in [-0.2, 0) is 4.79 Å². The van der Waals surface area contributed by atoms with Gasteiger partial charge in [0.1, 0.15) is 6.04 Å². The molecule has 1 atom stereocenters. The van der Waals surface area contributed by atoms with Crippen LogP contribution in [0.3, 0.4) is 0 Å². The fraction of sp³-hybridized carbons (Fsp3) is 0.400. The summed E-state index contributed by atoms with van der Waals surface area (Å²) in [6, 6.07) is 9.99. The Labute approximate surface area is 165 Å². The third-order valence-electron chi connectivity index (χ3n) is 4.68. The topological polar surface area (TPSA) is 90.5 Å². The average Bonchev–Trinajstić information content (AvgIpc) is 2.73. The average molecular weight is 382 g/mol. The molecule has 1 unspecified atom stereocenters. The summed E-state index contributed by atoms with van der Waals surface area (Å²) in [5.74, 6) is 0.590. The first-order valence-electron chi connectivity index (χ1n) is 9.48. The van der Waals surface area contributed by atoms with Gasteiger partial charge in [-0.3, -0.25) is 4.79 Å². The second kappa shape index (κ2) is 9.16. The van der Waals surface area contributed by atoms with Crippen molar-refractivity contribution in [3.63, 3.8) is 0 Å². The van der Waals surface area contributed by atoms with E-state index in [0.29, 0.717) is 37.8 Å². The maximum absolute atomic E-state index is 13.0. The van der Waals surface area contributed by atoms with Crippen LogP contribution in [0.2, 0.25) is 0 Å². The van der Waals surface area contributed by atoms with Gasteiger partial charge in [0.15, 0.2) is 0 Å². The Kier molecular flexibility index (Phi) is 6.41. The molecule has 0 radical (unpaired) electrons. The Morgan fingerprint density at radius 3 is 2.21 bits per heavy atom. The highest BCUT2D eigenvalue weighted by Gasteiger charge is 2.31. The number of benzene rings is 1. The summed E-state index contributed by atoms with van der Waals surface area (Å²) in [5.41, 5.74) is 0.687. The first-order valence-corrected chi connectivity index (χ1v) is 9.48. The molecule has 2 N–H and O–H groups in total. The molecule has 1 aliphatic rings. The van der Waals surface area contributed by atoms with Crippen molar-refractivity contribution in [3.8, 4) is 0 Å². The largest absolute Gasteiger partial charge is 0.337 e. The zero-order valence-electron chi connectivity index (χ0n) is 16.2. The molecular weight excluding hydrogens is 356 g/mol. The Bertz CT molecular complexity index is 776. The number of anilines is 2. The number of hydrogen-bond donors (Lipinski definition) is 2. The molecule has 3 amide bonds. The van der Waals surface area contributed by atoms with Crippen molar-refractivity contribution in [1.82, 2.24) is 20.2 Å². The number of carbonyl (C=O) groups is 2. The molecule has 2 heterocycles. The lowest BCUT2D eigenvalue weighted by atomic mass is 10.0. The van der Waals surface area contributed by atoms with Gasteiger partial charge in [0, 0.05) is 44.3 Å². The summed E-state index contributed by atoms with van der Waals surface area (Å²) in [6.45, 7) is 6.33. The lowest BCUT2D eigenvalue weighted by molar-refractivity contribution is -0.134. The third-order valence-corrected chi connectivity index (χ3v) is 4.68. The van der Waals surface area contributed by atoms with Crippen LogP contribution in [0.1, 0.15) is 13.8 Å². The number of para-hydroxylation sites is 1. The van der Waals surface area contributed by atoms with Gasteiger partial charge in [-0.2, -0.15) is 0 Å². The fourth-order valence-electron chi connectivity index (χ4n) is 3.12. The highest BCUT2D eigenvalue weighted by atomic mass is 16.2. The van der Waals surface area contributed by atoms with Gasteiger partial charge in [-0.15, -0.1) is 0 Å². The van der Waals surface area contributed by atoms with Crippen molar-refractivity contribution in [2.24, 2.45) is 5.92 Å². The molecule has 1 aromatic carbocycles. The molecule has 2 aromatic rings. The van der Waals surface area contributed by atoms with E-state index >= 15 is 0 Å². The molecule has 28 heavy (non-hydrogen) atoms. The molecule has 0 saturated carbocycles. The van der Waals surface area contributed by atoms with Crippen molar-refractivity contribution >= 4 is 23.6 Å². The van der Waals surface area contributed by atoms with Gasteiger partial charge in [-0.25, -0.2) is 14.8 Å². The molecule has 1 saturated heterocycles. The highest BCUT2D eigenvalue weighted by Crippen LogP contribution is 2.13. The van der Waals surface area contributed by atoms with Crippen LogP contribution in [-0.4, -0.2) is 59.0 Å². The zero-order chi connectivity index (χ0) is 19.9. The van der Waals surface area contributed by atoms with Crippen LogP contribution in [0.4, 0.5) is 16.4 Å². The molecule has 0 bridgehead atoms. The summed E-state index contributed by atoms with van der Waals surface area (Å²) in [7, 11) is 0. The van der Waals surface area contributed by atoms with Gasteiger partial charge < -0.3 is 20.4 Å². The maximum Gasteiger partial charge on any atom is 0.319 e. The van der Waals surface area contributed by atoms with E-state index in [9.17, 15) is 9.59 Å². The monoisotopic (exact) mass is 382 g/mol. The summed E-state index contributed by atoms with van der Waals surface area (Å²) in [6.07, 6.45) is 3.42. The first kappa shape index (κ1) is 19.6. The smallest absolute Gasteiger partial charge is 0.319 e. The number of rotatable bonds is 5. The van der Waals surface area contributed by atoms with Gasteiger partial charge in [0.05, 0.1) is 0 Å².